The van der Waals surface area contributed by atoms with Gasteiger partial charge in [-0.2, -0.15) is 0 Å². The van der Waals surface area contributed by atoms with Crippen LogP contribution in [0.2, 0.25) is 5.02 Å². The largest absolute Gasteiger partial charge is 0.483 e. The van der Waals surface area contributed by atoms with Crippen molar-refractivity contribution in [3.8, 4) is 5.75 Å². The molecule has 3 rings (SSSR count). The molecule has 1 N–H and O–H groups in total. The maximum absolute atomic E-state index is 13.2. The van der Waals surface area contributed by atoms with E-state index >= 15 is 0 Å². The summed E-state index contributed by atoms with van der Waals surface area (Å²) in [7, 11) is -3.77. The molecule has 1 amide bonds. The van der Waals surface area contributed by atoms with Crippen LogP contribution in [0.3, 0.4) is 0 Å². The fourth-order valence-electron chi connectivity index (χ4n) is 4.37. The van der Waals surface area contributed by atoms with E-state index < -0.39 is 7.60 Å². The van der Waals surface area contributed by atoms with Gasteiger partial charge in [-0.25, -0.2) is 4.39 Å². The van der Waals surface area contributed by atoms with Crippen LogP contribution in [0.5, 0.6) is 5.75 Å². The van der Waals surface area contributed by atoms with E-state index in [1.54, 1.807) is 37.3 Å². The molecule has 2 aromatic rings. The van der Waals surface area contributed by atoms with Crippen molar-refractivity contribution in [2.45, 2.75) is 65.3 Å². The van der Waals surface area contributed by atoms with Crippen LogP contribution < -0.4 is 4.74 Å². The number of aryl methyl sites for hydroxylation is 1. The zero-order valence-electron chi connectivity index (χ0n) is 21.9. The molecule has 0 radical (unpaired) electrons. The Labute approximate surface area is 224 Å². The molecule has 2 unspecified atom stereocenters. The Bertz CT molecular complexity index is 1100. The summed E-state index contributed by atoms with van der Waals surface area (Å²) in [6.07, 6.45) is 0.468. The molecule has 1 aliphatic heterocycles. The molecule has 0 aromatic heterocycles. The molecular formula is C27H37ClFN2O5P. The average Bonchev–Trinajstić information content (AvgIpc) is 2.85. The predicted molar refractivity (Wildman–Crippen MR) is 144 cm³/mol. The number of nitrogens with zero attached hydrogens (tertiary/aromatic N) is 2. The first-order valence-corrected chi connectivity index (χ1v) is 14.8. The zero-order valence-corrected chi connectivity index (χ0v) is 23.6. The SMILES string of the molecule is CCC(C)OP(=O)(O)CCc1cc(Cl)ccc1OCC(=O)N1C[C@H](C)N(Cc2ccc(F)cc2)C[C@H]1C. The first-order chi connectivity index (χ1) is 17.5. The van der Waals surface area contributed by atoms with Crippen LogP contribution in [-0.4, -0.2) is 64.6 Å². The fraction of sp³-hybridized carbons (Fsp3) is 0.519. The van der Waals surface area contributed by atoms with Gasteiger partial charge in [-0.05, 0) is 75.1 Å². The van der Waals surface area contributed by atoms with Gasteiger partial charge in [0.2, 0.25) is 0 Å². The molecule has 4 atom stereocenters. The highest BCUT2D eigenvalue weighted by Crippen LogP contribution is 2.44. The Kier molecular flexibility index (Phi) is 10.6. The van der Waals surface area contributed by atoms with Gasteiger partial charge in [0, 0.05) is 36.7 Å². The van der Waals surface area contributed by atoms with Crippen LogP contribution in [0.4, 0.5) is 4.39 Å². The summed E-state index contributed by atoms with van der Waals surface area (Å²) in [5, 5.41) is 0.476. The van der Waals surface area contributed by atoms with Crippen LogP contribution in [0.15, 0.2) is 42.5 Å². The molecule has 1 aliphatic rings. The maximum atomic E-state index is 13.2. The summed E-state index contributed by atoms with van der Waals surface area (Å²) in [5.41, 5.74) is 1.67. The van der Waals surface area contributed by atoms with E-state index in [0.717, 1.165) is 5.56 Å². The number of rotatable bonds is 11. The summed E-state index contributed by atoms with van der Waals surface area (Å²) in [6.45, 7) is 9.51. The van der Waals surface area contributed by atoms with Crippen molar-refractivity contribution in [2.75, 3.05) is 25.9 Å². The Morgan fingerprint density at radius 1 is 1.19 bits per heavy atom. The third-order valence-corrected chi connectivity index (χ3v) is 8.40. The highest BCUT2D eigenvalue weighted by molar-refractivity contribution is 7.52. The van der Waals surface area contributed by atoms with Crippen molar-refractivity contribution < 1.29 is 27.9 Å². The fourth-order valence-corrected chi connectivity index (χ4v) is 5.90. The standard InChI is InChI=1S/C27H37ClFN2O5P/c1-5-21(4)36-37(33,34)13-12-23-14-24(28)8-11-26(23)35-18-27(32)31-16-19(2)30(15-20(31)3)17-22-6-9-25(29)10-7-22/h6-11,14,19-21H,5,12-13,15-18H2,1-4H3,(H,33,34)/t19-,20+,21?/m0/s1. The minimum absolute atomic E-state index is 0.0181. The van der Waals surface area contributed by atoms with Crippen molar-refractivity contribution in [2.24, 2.45) is 0 Å². The molecular weight excluding hydrogens is 518 g/mol. The number of carbonyl (C=O) groups is 1. The molecule has 37 heavy (non-hydrogen) atoms. The summed E-state index contributed by atoms with van der Waals surface area (Å²) in [4.78, 5) is 27.4. The van der Waals surface area contributed by atoms with Gasteiger partial charge < -0.3 is 19.1 Å². The molecule has 2 aromatic carbocycles. The van der Waals surface area contributed by atoms with Crippen molar-refractivity contribution in [1.29, 1.82) is 0 Å². The summed E-state index contributed by atoms with van der Waals surface area (Å²) in [5.74, 6) is 0.0702. The number of carbonyl (C=O) groups excluding carboxylic acids is 1. The highest BCUT2D eigenvalue weighted by Gasteiger charge is 2.32. The monoisotopic (exact) mass is 554 g/mol. The van der Waals surface area contributed by atoms with Crippen molar-refractivity contribution in [1.82, 2.24) is 9.80 Å². The molecule has 1 saturated heterocycles. The van der Waals surface area contributed by atoms with Gasteiger partial charge in [0.1, 0.15) is 11.6 Å². The maximum Gasteiger partial charge on any atom is 0.328 e. The first-order valence-electron chi connectivity index (χ1n) is 12.7. The van der Waals surface area contributed by atoms with Crippen molar-refractivity contribution in [3.63, 3.8) is 0 Å². The lowest BCUT2D eigenvalue weighted by molar-refractivity contribution is -0.139. The molecule has 7 nitrogen and oxygen atoms in total. The Morgan fingerprint density at radius 2 is 1.89 bits per heavy atom. The Morgan fingerprint density at radius 3 is 2.57 bits per heavy atom. The number of amides is 1. The lowest BCUT2D eigenvalue weighted by Gasteiger charge is -2.44. The molecule has 1 heterocycles. The number of hydrogen-bond acceptors (Lipinski definition) is 5. The van der Waals surface area contributed by atoms with Crippen LogP contribution in [-0.2, 0) is 26.8 Å². The molecule has 204 valence electrons. The Hall–Kier alpha value is -1.96. The molecule has 0 saturated carbocycles. The highest BCUT2D eigenvalue weighted by atomic mass is 35.5. The second-order valence-corrected chi connectivity index (χ2v) is 12.1. The van der Waals surface area contributed by atoms with E-state index in [1.165, 1.54) is 12.1 Å². The molecule has 0 aliphatic carbocycles. The number of halogens is 2. The minimum atomic E-state index is -3.77. The summed E-state index contributed by atoms with van der Waals surface area (Å²) in [6, 6.07) is 11.6. The minimum Gasteiger partial charge on any atom is -0.483 e. The van der Waals surface area contributed by atoms with E-state index in [9.17, 15) is 18.6 Å². The normalized spacial score (nSPS) is 20.9. The lowest BCUT2D eigenvalue weighted by atomic mass is 10.1. The summed E-state index contributed by atoms with van der Waals surface area (Å²) >= 11 is 6.16. The second kappa shape index (κ2) is 13.2. The molecule has 10 heteroatoms. The number of hydrogen-bond donors (Lipinski definition) is 1. The van der Waals surface area contributed by atoms with Gasteiger partial charge in [0.15, 0.2) is 6.61 Å². The van der Waals surface area contributed by atoms with Gasteiger partial charge in [-0.15, -0.1) is 0 Å². The van der Waals surface area contributed by atoms with E-state index in [4.69, 9.17) is 20.9 Å². The Balaban J connectivity index is 1.58. The number of benzene rings is 2. The quantitative estimate of drug-likeness (QED) is 0.368. The van der Waals surface area contributed by atoms with Gasteiger partial charge in [-0.1, -0.05) is 30.7 Å². The molecule has 0 spiro atoms. The van der Waals surface area contributed by atoms with Crippen LogP contribution in [0, 0.1) is 5.82 Å². The molecule has 1 fully saturated rings. The van der Waals surface area contributed by atoms with Crippen molar-refractivity contribution in [3.05, 3.63) is 64.4 Å². The number of piperazine rings is 1. The van der Waals surface area contributed by atoms with E-state index in [1.807, 2.05) is 18.7 Å². The summed E-state index contributed by atoms with van der Waals surface area (Å²) < 4.78 is 36.8. The van der Waals surface area contributed by atoms with E-state index in [-0.39, 0.29) is 49.1 Å². The topological polar surface area (TPSA) is 79.3 Å². The van der Waals surface area contributed by atoms with Crippen LogP contribution >= 0.6 is 19.2 Å². The van der Waals surface area contributed by atoms with Crippen molar-refractivity contribution >= 4 is 25.1 Å². The third kappa shape index (κ3) is 8.79. The van der Waals surface area contributed by atoms with Crippen LogP contribution in [0.1, 0.15) is 45.2 Å². The van der Waals surface area contributed by atoms with Gasteiger partial charge in [0.25, 0.3) is 5.91 Å². The average molecular weight is 555 g/mol. The second-order valence-electron chi connectivity index (χ2n) is 9.78. The number of ether oxygens (including phenoxy) is 1. The lowest BCUT2D eigenvalue weighted by Crippen LogP contribution is -2.58. The first kappa shape index (κ1) is 29.6. The molecule has 0 bridgehead atoms. The van der Waals surface area contributed by atoms with Gasteiger partial charge in [-0.3, -0.25) is 14.3 Å². The van der Waals surface area contributed by atoms with Crippen LogP contribution in [0.25, 0.3) is 0 Å². The third-order valence-electron chi connectivity index (χ3n) is 6.69. The smallest absolute Gasteiger partial charge is 0.328 e. The predicted octanol–water partition coefficient (Wildman–Crippen LogP) is 5.52. The van der Waals surface area contributed by atoms with E-state index in [2.05, 4.69) is 11.8 Å². The van der Waals surface area contributed by atoms with Gasteiger partial charge >= 0.3 is 7.60 Å². The van der Waals surface area contributed by atoms with Gasteiger partial charge in [0.05, 0.1) is 12.3 Å². The zero-order chi connectivity index (χ0) is 27.2. The van der Waals surface area contributed by atoms with E-state index in [0.29, 0.717) is 42.4 Å².